The van der Waals surface area contributed by atoms with Crippen molar-refractivity contribution in [2.45, 2.75) is 66.2 Å². The predicted octanol–water partition coefficient (Wildman–Crippen LogP) is 4.66. The minimum atomic E-state index is 0.561. The number of hydrogen-bond acceptors (Lipinski definition) is 1. The first-order valence-electron chi connectivity index (χ1n) is 7.19. The Morgan fingerprint density at radius 2 is 2.00 bits per heavy atom. The van der Waals surface area contributed by atoms with Crippen LogP contribution in [0.1, 0.15) is 66.2 Å². The molecule has 0 aromatic carbocycles. The maximum Gasteiger partial charge on any atom is 0.0465 e. The molecule has 0 spiro atoms. The minimum absolute atomic E-state index is 0.561. The van der Waals surface area contributed by atoms with E-state index in [9.17, 15) is 0 Å². The van der Waals surface area contributed by atoms with E-state index in [1.807, 2.05) is 0 Å². The van der Waals surface area contributed by atoms with Gasteiger partial charge in [0.05, 0.1) is 0 Å². The number of rotatable bonds is 6. The normalized spacial score (nSPS) is 29.2. The summed E-state index contributed by atoms with van der Waals surface area (Å²) in [5.41, 5.74) is 0.561. The molecule has 96 valence electrons. The lowest BCUT2D eigenvalue weighted by molar-refractivity contribution is 0.0521. The van der Waals surface area contributed by atoms with Crippen molar-refractivity contribution in [2.24, 2.45) is 17.3 Å². The van der Waals surface area contributed by atoms with Crippen molar-refractivity contribution in [3.8, 4) is 0 Å². The van der Waals surface area contributed by atoms with E-state index in [2.05, 4.69) is 27.7 Å². The molecule has 1 nitrogen and oxygen atoms in total. The van der Waals surface area contributed by atoms with Gasteiger partial charge >= 0.3 is 0 Å². The highest BCUT2D eigenvalue weighted by atomic mass is 16.5. The summed E-state index contributed by atoms with van der Waals surface area (Å²) in [5.74, 6) is 1.89. The molecular weight excluding hydrogens is 196 g/mol. The molecule has 0 aromatic heterocycles. The van der Waals surface area contributed by atoms with Crippen LogP contribution in [0.15, 0.2) is 0 Å². The van der Waals surface area contributed by atoms with Crippen LogP contribution in [0.2, 0.25) is 0 Å². The van der Waals surface area contributed by atoms with E-state index in [1.165, 1.54) is 38.5 Å². The summed E-state index contributed by atoms with van der Waals surface area (Å²) in [6.07, 6.45) is 8.29. The smallest absolute Gasteiger partial charge is 0.0465 e. The van der Waals surface area contributed by atoms with Crippen LogP contribution in [0, 0.1) is 17.3 Å². The summed E-state index contributed by atoms with van der Waals surface area (Å²) in [4.78, 5) is 0. The molecule has 0 saturated heterocycles. The molecule has 0 N–H and O–H groups in total. The van der Waals surface area contributed by atoms with E-state index in [0.717, 1.165) is 25.0 Å². The maximum absolute atomic E-state index is 5.46. The molecule has 0 aliphatic heterocycles. The van der Waals surface area contributed by atoms with Crippen LogP contribution in [0.25, 0.3) is 0 Å². The average Bonchev–Trinajstić information content (AvgIpc) is 2.25. The van der Waals surface area contributed by atoms with Gasteiger partial charge in [-0.1, -0.05) is 40.0 Å². The van der Waals surface area contributed by atoms with Crippen molar-refractivity contribution >= 4 is 0 Å². The Kier molecular flexibility index (Phi) is 5.82. The fourth-order valence-electron chi connectivity index (χ4n) is 3.51. The number of hydrogen-bond donors (Lipinski definition) is 0. The predicted molar refractivity (Wildman–Crippen MR) is 70.6 cm³/mol. The van der Waals surface area contributed by atoms with Crippen LogP contribution in [-0.2, 0) is 4.74 Å². The van der Waals surface area contributed by atoms with Crippen LogP contribution in [0.3, 0.4) is 0 Å². The maximum atomic E-state index is 5.46. The molecule has 1 heteroatoms. The Hall–Kier alpha value is -0.0400. The molecule has 16 heavy (non-hydrogen) atoms. The van der Waals surface area contributed by atoms with Gasteiger partial charge in [0.15, 0.2) is 0 Å². The number of ether oxygens (including phenoxy) is 1. The van der Waals surface area contributed by atoms with Crippen LogP contribution >= 0.6 is 0 Å². The van der Waals surface area contributed by atoms with Gasteiger partial charge in [0.1, 0.15) is 0 Å². The van der Waals surface area contributed by atoms with E-state index in [-0.39, 0.29) is 0 Å². The van der Waals surface area contributed by atoms with Crippen molar-refractivity contribution in [2.75, 3.05) is 13.2 Å². The van der Waals surface area contributed by atoms with E-state index in [1.54, 1.807) is 0 Å². The summed E-state index contributed by atoms with van der Waals surface area (Å²) >= 11 is 0. The highest BCUT2D eigenvalue weighted by Crippen LogP contribution is 2.47. The lowest BCUT2D eigenvalue weighted by Gasteiger charge is -2.44. The van der Waals surface area contributed by atoms with Gasteiger partial charge in [-0.05, 0) is 43.4 Å². The Bertz CT molecular complexity index is 186. The van der Waals surface area contributed by atoms with Crippen LogP contribution in [-0.4, -0.2) is 13.2 Å². The molecule has 0 bridgehead atoms. The fraction of sp³-hybridized carbons (Fsp3) is 1.00. The monoisotopic (exact) mass is 226 g/mol. The highest BCUT2D eigenvalue weighted by Gasteiger charge is 2.37. The van der Waals surface area contributed by atoms with Gasteiger partial charge in [-0.2, -0.15) is 0 Å². The molecule has 0 heterocycles. The van der Waals surface area contributed by atoms with Gasteiger partial charge in [0.25, 0.3) is 0 Å². The quantitative estimate of drug-likeness (QED) is 0.599. The zero-order chi connectivity index (χ0) is 12.0. The van der Waals surface area contributed by atoms with Crippen LogP contribution in [0.5, 0.6) is 0 Å². The highest BCUT2D eigenvalue weighted by molar-refractivity contribution is 4.87. The Balaban J connectivity index is 2.43. The van der Waals surface area contributed by atoms with Gasteiger partial charge in [0.2, 0.25) is 0 Å². The molecule has 2 atom stereocenters. The molecular formula is C15H30O. The summed E-state index contributed by atoms with van der Waals surface area (Å²) in [6, 6.07) is 0. The van der Waals surface area contributed by atoms with Gasteiger partial charge in [0, 0.05) is 13.2 Å². The first-order valence-corrected chi connectivity index (χ1v) is 7.19. The zero-order valence-electron chi connectivity index (χ0n) is 11.7. The first-order chi connectivity index (χ1) is 7.61. The largest absolute Gasteiger partial charge is 0.382 e. The SMILES string of the molecule is CCOCCCC1C(CC)CCCC1(C)C. The third-order valence-electron chi connectivity index (χ3n) is 4.50. The Morgan fingerprint density at radius 1 is 1.25 bits per heavy atom. The van der Waals surface area contributed by atoms with E-state index in [0.29, 0.717) is 5.41 Å². The first kappa shape index (κ1) is 14.0. The van der Waals surface area contributed by atoms with Crippen molar-refractivity contribution < 1.29 is 4.74 Å². The van der Waals surface area contributed by atoms with Crippen molar-refractivity contribution in [1.82, 2.24) is 0 Å². The molecule has 0 radical (unpaired) electrons. The second-order valence-corrected chi connectivity index (χ2v) is 5.99. The lowest BCUT2D eigenvalue weighted by atomic mass is 9.61. The summed E-state index contributed by atoms with van der Waals surface area (Å²) in [6.45, 7) is 11.2. The van der Waals surface area contributed by atoms with Crippen LogP contribution in [0.4, 0.5) is 0 Å². The van der Waals surface area contributed by atoms with Crippen molar-refractivity contribution in [3.63, 3.8) is 0 Å². The molecule has 2 unspecified atom stereocenters. The Labute approximate surface area is 102 Å². The van der Waals surface area contributed by atoms with Gasteiger partial charge in [-0.25, -0.2) is 0 Å². The third kappa shape index (κ3) is 3.76. The molecule has 1 rings (SSSR count). The Morgan fingerprint density at radius 3 is 2.62 bits per heavy atom. The van der Waals surface area contributed by atoms with Crippen molar-refractivity contribution in [1.29, 1.82) is 0 Å². The third-order valence-corrected chi connectivity index (χ3v) is 4.50. The second-order valence-electron chi connectivity index (χ2n) is 5.99. The summed E-state index contributed by atoms with van der Waals surface area (Å²) in [5, 5.41) is 0. The summed E-state index contributed by atoms with van der Waals surface area (Å²) < 4.78 is 5.46. The van der Waals surface area contributed by atoms with E-state index >= 15 is 0 Å². The zero-order valence-corrected chi connectivity index (χ0v) is 11.7. The van der Waals surface area contributed by atoms with E-state index < -0.39 is 0 Å². The molecule has 1 saturated carbocycles. The second kappa shape index (κ2) is 6.64. The molecule has 1 aliphatic rings. The fourth-order valence-corrected chi connectivity index (χ4v) is 3.51. The topological polar surface area (TPSA) is 9.23 Å². The molecule has 0 amide bonds. The molecule has 1 aliphatic carbocycles. The average molecular weight is 226 g/mol. The van der Waals surface area contributed by atoms with Gasteiger partial charge in [-0.3, -0.25) is 0 Å². The van der Waals surface area contributed by atoms with Gasteiger partial charge < -0.3 is 4.74 Å². The molecule has 0 aromatic rings. The van der Waals surface area contributed by atoms with Gasteiger partial charge in [-0.15, -0.1) is 0 Å². The standard InChI is InChI=1S/C15H30O/c1-5-13-9-7-11-15(3,4)14(13)10-8-12-16-6-2/h13-14H,5-12H2,1-4H3. The molecule has 1 fully saturated rings. The lowest BCUT2D eigenvalue weighted by Crippen LogP contribution is -2.34. The van der Waals surface area contributed by atoms with Crippen molar-refractivity contribution in [3.05, 3.63) is 0 Å². The van der Waals surface area contributed by atoms with E-state index in [4.69, 9.17) is 4.74 Å². The van der Waals surface area contributed by atoms with Crippen LogP contribution < -0.4 is 0 Å². The summed E-state index contributed by atoms with van der Waals surface area (Å²) in [7, 11) is 0. The minimum Gasteiger partial charge on any atom is -0.382 e.